The molecule has 3 rings (SSSR count). The Bertz CT molecular complexity index is 545. The van der Waals surface area contributed by atoms with Crippen LogP contribution >= 0.6 is 22.6 Å². The Balaban J connectivity index is 2.14. The predicted molar refractivity (Wildman–Crippen MR) is 78.4 cm³/mol. The van der Waals surface area contributed by atoms with Gasteiger partial charge in [0, 0.05) is 21.5 Å². The van der Waals surface area contributed by atoms with Gasteiger partial charge in [-0.3, -0.25) is 0 Å². The first kappa shape index (κ1) is 11.3. The summed E-state index contributed by atoms with van der Waals surface area (Å²) in [6.07, 6.45) is 5.61. The third-order valence-corrected chi connectivity index (χ3v) is 4.38. The second-order valence-electron chi connectivity index (χ2n) is 4.54. The van der Waals surface area contributed by atoms with E-state index in [4.69, 9.17) is 5.73 Å². The Morgan fingerprint density at radius 2 is 2.06 bits per heavy atom. The number of hydrogen-bond acceptors (Lipinski definition) is 1. The molecule has 1 aliphatic rings. The molecule has 0 bridgehead atoms. The van der Waals surface area contributed by atoms with Crippen LogP contribution in [-0.4, -0.2) is 4.57 Å². The Morgan fingerprint density at radius 1 is 1.24 bits per heavy atom. The molecule has 2 aromatic rings. The third kappa shape index (κ3) is 1.91. The zero-order chi connectivity index (χ0) is 11.8. The number of aromatic nitrogens is 1. The Hall–Kier alpha value is -0.810. The molecule has 17 heavy (non-hydrogen) atoms. The smallest absolute Gasteiger partial charge is 0.0585 e. The molecular weight excluding hydrogens is 323 g/mol. The summed E-state index contributed by atoms with van der Waals surface area (Å²) >= 11 is 2.39. The number of hydrogen-bond donors (Lipinski definition) is 1. The minimum Gasteiger partial charge on any atom is -0.324 e. The molecule has 1 aliphatic carbocycles. The predicted octanol–water partition coefficient (Wildman–Crippen LogP) is 3.42. The van der Waals surface area contributed by atoms with Crippen LogP contribution in [0.2, 0.25) is 0 Å². The summed E-state index contributed by atoms with van der Waals surface area (Å²) in [5.74, 6) is 0. The zero-order valence-electron chi connectivity index (χ0n) is 9.57. The van der Waals surface area contributed by atoms with Crippen molar-refractivity contribution in [2.45, 2.75) is 25.3 Å². The van der Waals surface area contributed by atoms with Crippen molar-refractivity contribution in [3.8, 4) is 5.69 Å². The average Bonchev–Trinajstić information content (AvgIpc) is 2.75. The summed E-state index contributed by atoms with van der Waals surface area (Å²) in [6, 6.07) is 10.9. The molecule has 2 N–H and O–H groups in total. The lowest BCUT2D eigenvalue weighted by molar-refractivity contribution is 0.560. The number of fused-ring (bicyclic) bond motifs is 1. The van der Waals surface area contributed by atoms with Gasteiger partial charge in [0.2, 0.25) is 0 Å². The maximum Gasteiger partial charge on any atom is 0.0585 e. The van der Waals surface area contributed by atoms with Crippen LogP contribution in [0, 0.1) is 3.57 Å². The SMILES string of the molecule is NC1CCCc2c1ccn2-c1ccccc1I. The van der Waals surface area contributed by atoms with Crippen molar-refractivity contribution in [1.82, 2.24) is 4.57 Å². The van der Waals surface area contributed by atoms with Crippen molar-refractivity contribution in [2.24, 2.45) is 5.73 Å². The van der Waals surface area contributed by atoms with Crippen LogP contribution in [0.25, 0.3) is 5.69 Å². The van der Waals surface area contributed by atoms with Gasteiger partial charge in [0.25, 0.3) is 0 Å². The summed E-state index contributed by atoms with van der Waals surface area (Å²) < 4.78 is 3.58. The molecule has 88 valence electrons. The molecule has 0 spiro atoms. The zero-order valence-corrected chi connectivity index (χ0v) is 11.7. The second-order valence-corrected chi connectivity index (χ2v) is 5.70. The Labute approximate surface area is 115 Å². The molecule has 0 aliphatic heterocycles. The number of benzene rings is 1. The highest BCUT2D eigenvalue weighted by molar-refractivity contribution is 14.1. The van der Waals surface area contributed by atoms with E-state index in [0.29, 0.717) is 0 Å². The number of nitrogens with two attached hydrogens (primary N) is 1. The fourth-order valence-electron chi connectivity index (χ4n) is 2.60. The summed E-state index contributed by atoms with van der Waals surface area (Å²) in [5, 5.41) is 0. The summed E-state index contributed by atoms with van der Waals surface area (Å²) in [6.45, 7) is 0. The first-order chi connectivity index (χ1) is 8.27. The molecule has 0 fully saturated rings. The maximum atomic E-state index is 6.16. The number of para-hydroxylation sites is 1. The third-order valence-electron chi connectivity index (χ3n) is 3.47. The van der Waals surface area contributed by atoms with E-state index in [1.54, 1.807) is 0 Å². The van der Waals surface area contributed by atoms with Gasteiger partial charge in [0.15, 0.2) is 0 Å². The number of halogens is 1. The topological polar surface area (TPSA) is 30.9 Å². The molecule has 1 aromatic carbocycles. The van der Waals surface area contributed by atoms with Crippen LogP contribution in [0.15, 0.2) is 36.5 Å². The van der Waals surface area contributed by atoms with Gasteiger partial charge in [-0.1, -0.05) is 12.1 Å². The lowest BCUT2D eigenvalue weighted by Crippen LogP contribution is -2.18. The van der Waals surface area contributed by atoms with Gasteiger partial charge < -0.3 is 10.3 Å². The minimum atomic E-state index is 0.223. The van der Waals surface area contributed by atoms with Crippen LogP contribution in [-0.2, 0) is 6.42 Å². The van der Waals surface area contributed by atoms with E-state index in [0.717, 1.165) is 12.8 Å². The quantitative estimate of drug-likeness (QED) is 0.794. The molecule has 3 heteroatoms. The van der Waals surface area contributed by atoms with Crippen molar-refractivity contribution >= 4 is 22.6 Å². The first-order valence-electron chi connectivity index (χ1n) is 5.98. The van der Waals surface area contributed by atoms with Gasteiger partial charge in [0.05, 0.1) is 5.69 Å². The van der Waals surface area contributed by atoms with Crippen LogP contribution in [0.4, 0.5) is 0 Å². The van der Waals surface area contributed by atoms with E-state index in [-0.39, 0.29) is 6.04 Å². The molecule has 1 heterocycles. The fourth-order valence-corrected chi connectivity index (χ4v) is 3.25. The molecule has 0 saturated heterocycles. The minimum absolute atomic E-state index is 0.223. The van der Waals surface area contributed by atoms with Crippen molar-refractivity contribution in [3.05, 3.63) is 51.4 Å². The standard InChI is InChI=1S/C14H15IN2/c15-11-4-1-2-6-14(11)17-9-8-10-12(16)5-3-7-13(10)17/h1-2,4,6,8-9,12H,3,5,7,16H2. The highest BCUT2D eigenvalue weighted by Gasteiger charge is 2.20. The molecule has 1 aromatic heterocycles. The van der Waals surface area contributed by atoms with E-state index >= 15 is 0 Å². The van der Waals surface area contributed by atoms with Gasteiger partial charge in [-0.2, -0.15) is 0 Å². The van der Waals surface area contributed by atoms with E-state index in [1.165, 1.54) is 26.9 Å². The fraction of sp³-hybridized carbons (Fsp3) is 0.286. The lowest BCUT2D eigenvalue weighted by Gasteiger charge is -2.21. The molecular formula is C14H15IN2. The van der Waals surface area contributed by atoms with Gasteiger partial charge in [-0.05, 0) is 65.6 Å². The van der Waals surface area contributed by atoms with Gasteiger partial charge in [-0.15, -0.1) is 0 Å². The van der Waals surface area contributed by atoms with Gasteiger partial charge >= 0.3 is 0 Å². The summed E-state index contributed by atoms with van der Waals surface area (Å²) in [7, 11) is 0. The van der Waals surface area contributed by atoms with E-state index in [9.17, 15) is 0 Å². The number of rotatable bonds is 1. The van der Waals surface area contributed by atoms with Crippen LogP contribution in [0.5, 0.6) is 0 Å². The molecule has 1 atom stereocenters. The molecule has 2 nitrogen and oxygen atoms in total. The molecule has 0 saturated carbocycles. The summed E-state index contributed by atoms with van der Waals surface area (Å²) in [4.78, 5) is 0. The van der Waals surface area contributed by atoms with Crippen LogP contribution < -0.4 is 5.73 Å². The van der Waals surface area contributed by atoms with Crippen molar-refractivity contribution in [2.75, 3.05) is 0 Å². The van der Waals surface area contributed by atoms with E-state index < -0.39 is 0 Å². The highest BCUT2D eigenvalue weighted by Crippen LogP contribution is 2.31. The van der Waals surface area contributed by atoms with Crippen LogP contribution in [0.1, 0.15) is 30.1 Å². The molecule has 1 unspecified atom stereocenters. The van der Waals surface area contributed by atoms with Crippen LogP contribution in [0.3, 0.4) is 0 Å². The largest absolute Gasteiger partial charge is 0.324 e. The monoisotopic (exact) mass is 338 g/mol. The Morgan fingerprint density at radius 3 is 2.88 bits per heavy atom. The lowest BCUT2D eigenvalue weighted by atomic mass is 9.93. The second kappa shape index (κ2) is 4.46. The van der Waals surface area contributed by atoms with Crippen molar-refractivity contribution in [3.63, 3.8) is 0 Å². The maximum absolute atomic E-state index is 6.16. The van der Waals surface area contributed by atoms with E-state index in [1.807, 2.05) is 0 Å². The normalized spacial score (nSPS) is 19.1. The van der Waals surface area contributed by atoms with E-state index in [2.05, 4.69) is 63.7 Å². The molecule has 0 radical (unpaired) electrons. The first-order valence-corrected chi connectivity index (χ1v) is 7.06. The summed E-state index contributed by atoms with van der Waals surface area (Å²) in [5.41, 5.74) is 10.2. The highest BCUT2D eigenvalue weighted by atomic mass is 127. The van der Waals surface area contributed by atoms with Gasteiger partial charge in [-0.25, -0.2) is 0 Å². The number of nitrogens with zero attached hydrogens (tertiary/aromatic N) is 1. The van der Waals surface area contributed by atoms with Crippen molar-refractivity contribution in [1.29, 1.82) is 0 Å². The van der Waals surface area contributed by atoms with Gasteiger partial charge in [0.1, 0.15) is 0 Å². The van der Waals surface area contributed by atoms with Crippen molar-refractivity contribution < 1.29 is 0 Å². The molecule has 0 amide bonds. The average molecular weight is 338 g/mol. The Kier molecular flexibility index (Phi) is 2.96.